The molecule has 0 bridgehead atoms. The van der Waals surface area contributed by atoms with Crippen molar-refractivity contribution in [3.05, 3.63) is 35.1 Å². The molecule has 4 heteroatoms. The second-order valence-corrected chi connectivity index (χ2v) is 4.53. The van der Waals surface area contributed by atoms with Gasteiger partial charge in [0.2, 0.25) is 0 Å². The van der Waals surface area contributed by atoms with Crippen LogP contribution < -0.4 is 5.32 Å². The minimum Gasteiger partial charge on any atom is -0.352 e. The fourth-order valence-electron chi connectivity index (χ4n) is 1.32. The minimum absolute atomic E-state index is 0.0221. The minimum atomic E-state index is -0.401. The van der Waals surface area contributed by atoms with E-state index in [1.807, 2.05) is 6.92 Å². The van der Waals surface area contributed by atoms with E-state index in [0.717, 1.165) is 5.56 Å². The third-order valence-corrected chi connectivity index (χ3v) is 2.49. The van der Waals surface area contributed by atoms with E-state index >= 15 is 0 Å². The van der Waals surface area contributed by atoms with E-state index in [0.29, 0.717) is 18.5 Å². The van der Waals surface area contributed by atoms with Crippen molar-refractivity contribution in [3.63, 3.8) is 0 Å². The maximum Gasteiger partial charge on any atom is 0.251 e. The maximum absolute atomic E-state index is 13.0. The first-order valence-electron chi connectivity index (χ1n) is 5.19. The summed E-state index contributed by atoms with van der Waals surface area (Å²) in [7, 11) is 0. The number of hydrogen-bond acceptors (Lipinski definition) is 1. The summed E-state index contributed by atoms with van der Waals surface area (Å²) >= 11 is 5.75. The fraction of sp³-hybridized carbons (Fsp3) is 0.417. The van der Waals surface area contributed by atoms with Crippen LogP contribution in [0, 0.1) is 12.7 Å². The van der Waals surface area contributed by atoms with Crippen LogP contribution in [0.25, 0.3) is 0 Å². The van der Waals surface area contributed by atoms with Crippen LogP contribution in [0.15, 0.2) is 18.2 Å². The van der Waals surface area contributed by atoms with Crippen LogP contribution in [-0.4, -0.2) is 17.8 Å². The lowest BCUT2D eigenvalue weighted by Gasteiger charge is -2.08. The van der Waals surface area contributed by atoms with Crippen molar-refractivity contribution in [1.29, 1.82) is 0 Å². The van der Waals surface area contributed by atoms with Crippen LogP contribution >= 0.6 is 11.6 Å². The molecule has 1 rings (SSSR count). The van der Waals surface area contributed by atoms with Crippen LogP contribution in [0.1, 0.15) is 29.3 Å². The zero-order valence-corrected chi connectivity index (χ0v) is 10.1. The van der Waals surface area contributed by atoms with Gasteiger partial charge in [0.15, 0.2) is 0 Å². The lowest BCUT2D eigenvalue weighted by Crippen LogP contribution is -2.26. The number of hydrogen-bond donors (Lipinski definition) is 1. The number of alkyl halides is 1. The zero-order chi connectivity index (χ0) is 12.1. The molecule has 88 valence electrons. The van der Waals surface area contributed by atoms with Gasteiger partial charge >= 0.3 is 0 Å². The van der Waals surface area contributed by atoms with Gasteiger partial charge in [-0.2, -0.15) is 0 Å². The maximum atomic E-state index is 13.0. The molecule has 0 heterocycles. The quantitative estimate of drug-likeness (QED) is 0.810. The van der Waals surface area contributed by atoms with Crippen molar-refractivity contribution < 1.29 is 9.18 Å². The average molecular weight is 244 g/mol. The smallest absolute Gasteiger partial charge is 0.251 e. The Morgan fingerprint density at radius 1 is 1.56 bits per heavy atom. The number of carbonyl (C=O) groups excluding carboxylic acids is 1. The van der Waals surface area contributed by atoms with Gasteiger partial charge in [-0.25, -0.2) is 4.39 Å². The van der Waals surface area contributed by atoms with Gasteiger partial charge < -0.3 is 5.32 Å². The molecule has 1 aromatic rings. The van der Waals surface area contributed by atoms with Crippen molar-refractivity contribution in [2.75, 3.05) is 6.54 Å². The molecule has 0 spiro atoms. The Kier molecular flexibility index (Phi) is 4.74. The predicted molar refractivity (Wildman–Crippen MR) is 63.4 cm³/mol. The molecule has 1 atom stereocenters. The molecule has 0 fully saturated rings. The number of carbonyl (C=O) groups is 1. The Morgan fingerprint density at radius 2 is 2.25 bits per heavy atom. The highest BCUT2D eigenvalue weighted by Gasteiger charge is 2.09. The largest absolute Gasteiger partial charge is 0.352 e. The highest BCUT2D eigenvalue weighted by atomic mass is 35.5. The van der Waals surface area contributed by atoms with E-state index in [-0.39, 0.29) is 11.3 Å². The SMILES string of the molecule is Cc1ccc(F)cc1C(=O)NCCC(C)Cl. The lowest BCUT2D eigenvalue weighted by atomic mass is 10.1. The summed E-state index contributed by atoms with van der Waals surface area (Å²) in [5, 5.41) is 2.73. The molecule has 0 aliphatic heterocycles. The number of amides is 1. The highest BCUT2D eigenvalue weighted by Crippen LogP contribution is 2.10. The summed E-state index contributed by atoms with van der Waals surface area (Å²) in [5.74, 6) is -0.657. The van der Waals surface area contributed by atoms with Crippen molar-refractivity contribution in [1.82, 2.24) is 5.32 Å². The van der Waals surface area contributed by atoms with E-state index in [4.69, 9.17) is 11.6 Å². The van der Waals surface area contributed by atoms with Crippen LogP contribution in [0.4, 0.5) is 4.39 Å². The standard InChI is InChI=1S/C12H15ClFNO/c1-8-3-4-10(14)7-11(8)12(16)15-6-5-9(2)13/h3-4,7,9H,5-6H2,1-2H3,(H,15,16). The summed E-state index contributed by atoms with van der Waals surface area (Å²) in [6, 6.07) is 4.18. The van der Waals surface area contributed by atoms with Crippen molar-refractivity contribution in [2.24, 2.45) is 0 Å². The van der Waals surface area contributed by atoms with Gasteiger partial charge in [-0.3, -0.25) is 4.79 Å². The second kappa shape index (κ2) is 5.85. The molecule has 16 heavy (non-hydrogen) atoms. The first-order chi connectivity index (χ1) is 7.50. The molecule has 0 aliphatic carbocycles. The number of benzene rings is 1. The van der Waals surface area contributed by atoms with E-state index in [2.05, 4.69) is 5.32 Å². The van der Waals surface area contributed by atoms with Gasteiger partial charge in [0.1, 0.15) is 5.82 Å². The highest BCUT2D eigenvalue weighted by molar-refractivity contribution is 6.20. The monoisotopic (exact) mass is 243 g/mol. The molecule has 0 radical (unpaired) electrons. The molecule has 1 unspecified atom stereocenters. The molecule has 0 saturated carbocycles. The van der Waals surface area contributed by atoms with E-state index in [9.17, 15) is 9.18 Å². The first kappa shape index (κ1) is 13.0. The van der Waals surface area contributed by atoms with E-state index in [1.165, 1.54) is 12.1 Å². The molecule has 1 N–H and O–H groups in total. The molecular weight excluding hydrogens is 229 g/mol. The van der Waals surface area contributed by atoms with Gasteiger partial charge in [-0.15, -0.1) is 11.6 Å². The Morgan fingerprint density at radius 3 is 2.88 bits per heavy atom. The van der Waals surface area contributed by atoms with Crippen LogP contribution in [0.3, 0.4) is 0 Å². The van der Waals surface area contributed by atoms with Crippen LogP contribution in [-0.2, 0) is 0 Å². The summed E-state index contributed by atoms with van der Waals surface area (Å²) in [6.07, 6.45) is 0.696. The number of rotatable bonds is 4. The molecule has 0 saturated heterocycles. The summed E-state index contributed by atoms with van der Waals surface area (Å²) in [5.41, 5.74) is 1.14. The summed E-state index contributed by atoms with van der Waals surface area (Å²) in [4.78, 5) is 11.7. The molecule has 2 nitrogen and oxygen atoms in total. The second-order valence-electron chi connectivity index (χ2n) is 3.78. The summed E-state index contributed by atoms with van der Waals surface area (Å²) in [6.45, 7) is 4.14. The van der Waals surface area contributed by atoms with Gasteiger partial charge in [0.05, 0.1) is 0 Å². The van der Waals surface area contributed by atoms with Crippen LogP contribution in [0.5, 0.6) is 0 Å². The third-order valence-electron chi connectivity index (χ3n) is 2.27. The molecular formula is C12H15ClFNO. The topological polar surface area (TPSA) is 29.1 Å². The Bertz CT molecular complexity index is 379. The van der Waals surface area contributed by atoms with Gasteiger partial charge in [-0.05, 0) is 38.0 Å². The number of aryl methyl sites for hydroxylation is 1. The normalized spacial score (nSPS) is 12.2. The number of nitrogens with one attached hydrogen (secondary N) is 1. The lowest BCUT2D eigenvalue weighted by molar-refractivity contribution is 0.0952. The number of halogens is 2. The van der Waals surface area contributed by atoms with Crippen molar-refractivity contribution >= 4 is 17.5 Å². The van der Waals surface area contributed by atoms with Crippen LogP contribution in [0.2, 0.25) is 0 Å². The summed E-state index contributed by atoms with van der Waals surface area (Å²) < 4.78 is 13.0. The molecule has 0 aliphatic rings. The third kappa shape index (κ3) is 3.81. The van der Waals surface area contributed by atoms with E-state index < -0.39 is 5.82 Å². The fourth-order valence-corrected chi connectivity index (χ4v) is 1.43. The average Bonchev–Trinajstić information content (AvgIpc) is 2.21. The Labute approximate surface area is 99.8 Å². The molecule has 0 aromatic heterocycles. The molecule has 1 aromatic carbocycles. The van der Waals surface area contributed by atoms with Gasteiger partial charge in [0.25, 0.3) is 5.91 Å². The van der Waals surface area contributed by atoms with Gasteiger partial charge in [0, 0.05) is 17.5 Å². The first-order valence-corrected chi connectivity index (χ1v) is 5.62. The van der Waals surface area contributed by atoms with Crippen molar-refractivity contribution in [3.8, 4) is 0 Å². The Balaban J connectivity index is 2.62. The van der Waals surface area contributed by atoms with E-state index in [1.54, 1.807) is 13.0 Å². The predicted octanol–water partition coefficient (Wildman–Crippen LogP) is 2.88. The molecule has 1 amide bonds. The Hall–Kier alpha value is -1.09. The zero-order valence-electron chi connectivity index (χ0n) is 9.39. The van der Waals surface area contributed by atoms with Crippen molar-refractivity contribution in [2.45, 2.75) is 25.6 Å². The van der Waals surface area contributed by atoms with Gasteiger partial charge in [-0.1, -0.05) is 6.07 Å².